The smallest absolute Gasteiger partial charge is 0.323 e. The van der Waals surface area contributed by atoms with E-state index >= 15 is 0 Å². The SMILES string of the molecule is CC(NC(=O)c1ccc(Cl)s1)c1ccc(NC(=O)Nc2ccccc2)cc1. The minimum absolute atomic E-state index is 0.163. The lowest BCUT2D eigenvalue weighted by molar-refractivity contribution is 0.0944. The van der Waals surface area contributed by atoms with Gasteiger partial charge in [0, 0.05) is 11.4 Å². The topological polar surface area (TPSA) is 70.2 Å². The van der Waals surface area contributed by atoms with E-state index in [1.165, 1.54) is 11.3 Å². The quantitative estimate of drug-likeness (QED) is 0.527. The third-order valence-corrected chi connectivity index (χ3v) is 5.07. The van der Waals surface area contributed by atoms with Crippen LogP contribution in [0.15, 0.2) is 66.7 Å². The maximum Gasteiger partial charge on any atom is 0.323 e. The van der Waals surface area contributed by atoms with E-state index in [1.807, 2.05) is 49.4 Å². The Morgan fingerprint density at radius 2 is 1.52 bits per heavy atom. The molecule has 3 aromatic rings. The summed E-state index contributed by atoms with van der Waals surface area (Å²) in [6.45, 7) is 1.90. The lowest BCUT2D eigenvalue weighted by atomic mass is 10.1. The normalized spacial score (nSPS) is 11.5. The molecule has 0 saturated heterocycles. The fourth-order valence-electron chi connectivity index (χ4n) is 2.46. The summed E-state index contributed by atoms with van der Waals surface area (Å²) in [5, 5.41) is 8.46. The van der Waals surface area contributed by atoms with Crippen molar-refractivity contribution in [2.75, 3.05) is 10.6 Å². The van der Waals surface area contributed by atoms with Crippen LogP contribution in [0.4, 0.5) is 16.2 Å². The summed E-state index contributed by atoms with van der Waals surface area (Å²) in [6, 6.07) is 19.4. The number of halogens is 1. The van der Waals surface area contributed by atoms with Crippen LogP contribution in [0.25, 0.3) is 0 Å². The Hall–Kier alpha value is -2.83. The average Bonchev–Trinajstić information content (AvgIpc) is 3.09. The van der Waals surface area contributed by atoms with Crippen molar-refractivity contribution in [3.63, 3.8) is 0 Å². The Balaban J connectivity index is 1.56. The summed E-state index contributed by atoms with van der Waals surface area (Å²) in [7, 11) is 0. The highest BCUT2D eigenvalue weighted by Gasteiger charge is 2.13. The Morgan fingerprint density at radius 1 is 0.889 bits per heavy atom. The first-order valence-corrected chi connectivity index (χ1v) is 9.50. The molecule has 0 fully saturated rings. The van der Waals surface area contributed by atoms with E-state index in [9.17, 15) is 9.59 Å². The summed E-state index contributed by atoms with van der Waals surface area (Å²) in [5.41, 5.74) is 2.31. The van der Waals surface area contributed by atoms with Crippen molar-refractivity contribution >= 4 is 46.3 Å². The van der Waals surface area contributed by atoms with Crippen LogP contribution >= 0.6 is 22.9 Å². The zero-order chi connectivity index (χ0) is 19.2. The number of benzene rings is 2. The second-order valence-corrected chi connectivity index (χ2v) is 7.58. The van der Waals surface area contributed by atoms with Crippen molar-refractivity contribution in [3.8, 4) is 0 Å². The molecule has 1 unspecified atom stereocenters. The summed E-state index contributed by atoms with van der Waals surface area (Å²) < 4.78 is 0.581. The zero-order valence-electron chi connectivity index (χ0n) is 14.5. The number of nitrogens with one attached hydrogen (secondary N) is 3. The Bertz CT molecular complexity index is 926. The number of carbonyl (C=O) groups excluding carboxylic acids is 2. The van der Waals surface area contributed by atoms with Gasteiger partial charge >= 0.3 is 6.03 Å². The number of hydrogen-bond donors (Lipinski definition) is 3. The van der Waals surface area contributed by atoms with Crippen molar-refractivity contribution < 1.29 is 9.59 Å². The lowest BCUT2D eigenvalue weighted by Gasteiger charge is -2.14. The van der Waals surface area contributed by atoms with Crippen molar-refractivity contribution in [1.82, 2.24) is 5.32 Å². The van der Waals surface area contributed by atoms with E-state index in [1.54, 1.807) is 24.3 Å². The molecular weight excluding hydrogens is 382 g/mol. The summed E-state index contributed by atoms with van der Waals surface area (Å²) in [5.74, 6) is -0.163. The highest BCUT2D eigenvalue weighted by atomic mass is 35.5. The number of para-hydroxylation sites is 1. The minimum atomic E-state index is -0.315. The van der Waals surface area contributed by atoms with Crippen LogP contribution in [0.1, 0.15) is 28.2 Å². The molecule has 0 aliphatic rings. The van der Waals surface area contributed by atoms with Crippen molar-refractivity contribution in [2.45, 2.75) is 13.0 Å². The molecule has 1 atom stereocenters. The molecule has 0 bridgehead atoms. The lowest BCUT2D eigenvalue weighted by Crippen LogP contribution is -2.25. The van der Waals surface area contributed by atoms with Crippen molar-refractivity contribution in [2.24, 2.45) is 0 Å². The predicted molar refractivity (Wildman–Crippen MR) is 111 cm³/mol. The molecule has 0 aliphatic heterocycles. The maximum atomic E-state index is 12.2. The van der Waals surface area contributed by atoms with Gasteiger partial charge in [-0.15, -0.1) is 11.3 Å². The third-order valence-electron chi connectivity index (χ3n) is 3.84. The highest BCUT2D eigenvalue weighted by molar-refractivity contribution is 7.18. The van der Waals surface area contributed by atoms with E-state index in [2.05, 4.69) is 16.0 Å². The third kappa shape index (κ3) is 5.32. The number of thiophene rings is 1. The maximum absolute atomic E-state index is 12.2. The first kappa shape index (κ1) is 18.9. The first-order chi connectivity index (χ1) is 13.0. The van der Waals surface area contributed by atoms with E-state index in [-0.39, 0.29) is 18.0 Å². The van der Waals surface area contributed by atoms with Gasteiger partial charge in [-0.25, -0.2) is 4.79 Å². The molecular formula is C20H18ClN3O2S. The Morgan fingerprint density at radius 3 is 2.11 bits per heavy atom. The summed E-state index contributed by atoms with van der Waals surface area (Å²) in [4.78, 5) is 24.8. The van der Waals surface area contributed by atoms with Gasteiger partial charge in [-0.2, -0.15) is 0 Å². The molecule has 3 rings (SSSR count). The number of anilines is 2. The molecule has 138 valence electrons. The molecule has 3 amide bonds. The van der Waals surface area contributed by atoms with Crippen LogP contribution in [0.5, 0.6) is 0 Å². The molecule has 3 N–H and O–H groups in total. The fourth-order valence-corrected chi connectivity index (χ4v) is 3.40. The van der Waals surface area contributed by atoms with Gasteiger partial charge in [0.25, 0.3) is 5.91 Å². The van der Waals surface area contributed by atoms with Gasteiger partial charge in [0.1, 0.15) is 0 Å². The van der Waals surface area contributed by atoms with E-state index in [0.717, 1.165) is 11.3 Å². The van der Waals surface area contributed by atoms with Gasteiger partial charge in [-0.3, -0.25) is 4.79 Å². The van der Waals surface area contributed by atoms with Crippen molar-refractivity contribution in [1.29, 1.82) is 0 Å². The van der Waals surface area contributed by atoms with Gasteiger partial charge in [0.05, 0.1) is 15.3 Å². The minimum Gasteiger partial charge on any atom is -0.345 e. The standard InChI is InChI=1S/C20H18ClN3O2S/c1-13(22-19(25)17-11-12-18(21)27-17)14-7-9-16(10-8-14)24-20(26)23-15-5-3-2-4-6-15/h2-13H,1H3,(H,22,25)(H2,23,24,26). The molecule has 1 aromatic heterocycles. The van der Waals surface area contributed by atoms with E-state index in [0.29, 0.717) is 14.9 Å². The number of hydrogen-bond acceptors (Lipinski definition) is 3. The number of rotatable bonds is 5. The average molecular weight is 400 g/mol. The van der Waals surface area contributed by atoms with Crippen LogP contribution in [-0.2, 0) is 0 Å². The molecule has 0 radical (unpaired) electrons. The van der Waals surface area contributed by atoms with Crippen molar-refractivity contribution in [3.05, 3.63) is 81.5 Å². The van der Waals surface area contributed by atoms with E-state index < -0.39 is 0 Å². The van der Waals surface area contributed by atoms with Crippen LogP contribution in [0, 0.1) is 0 Å². The molecule has 27 heavy (non-hydrogen) atoms. The predicted octanol–water partition coefficient (Wildman–Crippen LogP) is 5.54. The second-order valence-electron chi connectivity index (χ2n) is 5.87. The van der Waals surface area contributed by atoms with Crippen LogP contribution in [0.2, 0.25) is 4.34 Å². The van der Waals surface area contributed by atoms with Gasteiger partial charge in [0.15, 0.2) is 0 Å². The van der Waals surface area contributed by atoms with Gasteiger partial charge in [0.2, 0.25) is 0 Å². The molecule has 5 nitrogen and oxygen atoms in total. The monoisotopic (exact) mass is 399 g/mol. The van der Waals surface area contributed by atoms with Gasteiger partial charge in [-0.05, 0) is 48.9 Å². The number of amides is 3. The van der Waals surface area contributed by atoms with Crippen LogP contribution in [0.3, 0.4) is 0 Å². The highest BCUT2D eigenvalue weighted by Crippen LogP contribution is 2.23. The Labute approximate surface area is 166 Å². The summed E-state index contributed by atoms with van der Waals surface area (Å²) in [6.07, 6.45) is 0. The largest absolute Gasteiger partial charge is 0.345 e. The number of urea groups is 1. The Kier molecular flexibility index (Phi) is 6.11. The molecule has 0 spiro atoms. The fraction of sp³-hybridized carbons (Fsp3) is 0.100. The van der Waals surface area contributed by atoms with Gasteiger partial charge in [-0.1, -0.05) is 41.9 Å². The van der Waals surface area contributed by atoms with Crippen LogP contribution < -0.4 is 16.0 Å². The molecule has 0 saturated carbocycles. The molecule has 7 heteroatoms. The van der Waals surface area contributed by atoms with Gasteiger partial charge < -0.3 is 16.0 Å². The second kappa shape index (κ2) is 8.70. The zero-order valence-corrected chi connectivity index (χ0v) is 16.1. The van der Waals surface area contributed by atoms with Crippen LogP contribution in [-0.4, -0.2) is 11.9 Å². The molecule has 2 aromatic carbocycles. The summed E-state index contributed by atoms with van der Waals surface area (Å²) >= 11 is 7.11. The van der Waals surface area contributed by atoms with E-state index in [4.69, 9.17) is 11.6 Å². The number of carbonyl (C=O) groups is 2. The molecule has 0 aliphatic carbocycles. The molecule has 1 heterocycles. The first-order valence-electron chi connectivity index (χ1n) is 8.30.